The molecule has 2 bridgehead atoms. The van der Waals surface area contributed by atoms with Crippen molar-refractivity contribution in [2.75, 3.05) is 25.5 Å². The molecule has 2 aliphatic rings. The number of hydrogen-bond donors (Lipinski definition) is 2. The van der Waals surface area contributed by atoms with Gasteiger partial charge in [-0.05, 0) is 96.7 Å². The van der Waals surface area contributed by atoms with Gasteiger partial charge in [0, 0.05) is 38.2 Å². The number of aromatic hydroxyl groups is 1. The number of phenols is 1. The number of esters is 1. The summed E-state index contributed by atoms with van der Waals surface area (Å²) in [6.07, 6.45) is 8.77. The molecule has 0 unspecified atom stereocenters. The molecule has 3 aromatic rings. The Morgan fingerprint density at radius 3 is 2.71 bits per heavy atom. The van der Waals surface area contributed by atoms with Crippen molar-refractivity contribution in [3.05, 3.63) is 83.1 Å². The van der Waals surface area contributed by atoms with Crippen molar-refractivity contribution in [3.63, 3.8) is 0 Å². The van der Waals surface area contributed by atoms with Gasteiger partial charge in [-0.25, -0.2) is 4.98 Å². The van der Waals surface area contributed by atoms with Crippen molar-refractivity contribution in [2.24, 2.45) is 10.9 Å². The summed E-state index contributed by atoms with van der Waals surface area (Å²) in [4.78, 5) is 34.8. The number of rotatable bonds is 6. The highest BCUT2D eigenvalue weighted by Crippen LogP contribution is 2.36. The van der Waals surface area contributed by atoms with E-state index in [-0.39, 0.29) is 30.3 Å². The smallest absolute Gasteiger partial charge is 0.302 e. The zero-order chi connectivity index (χ0) is 34.6. The second kappa shape index (κ2) is 17.3. The van der Waals surface area contributed by atoms with E-state index in [1.165, 1.54) is 29.7 Å². The molecule has 0 amide bonds. The first-order chi connectivity index (χ1) is 23.8. The van der Waals surface area contributed by atoms with Gasteiger partial charge in [0.2, 0.25) is 0 Å². The molecule has 0 radical (unpaired) electrons. The molecule has 3 atom stereocenters. The number of Topliss-reactive ketones (excluding diaryl/α,β-unsaturated/α-hetero) is 1. The summed E-state index contributed by atoms with van der Waals surface area (Å²) in [7, 11) is 1.55. The zero-order valence-electron chi connectivity index (χ0n) is 28.5. The third kappa shape index (κ3) is 10.4. The number of nitrogens with one attached hydrogen (secondary N) is 1. The van der Waals surface area contributed by atoms with Gasteiger partial charge >= 0.3 is 5.97 Å². The number of nitrogens with zero attached hydrogens (tertiary/aromatic N) is 2. The van der Waals surface area contributed by atoms with E-state index >= 15 is 0 Å². The quantitative estimate of drug-likeness (QED) is 0.205. The number of benzene rings is 2. The summed E-state index contributed by atoms with van der Waals surface area (Å²) < 4.78 is 17.3. The lowest BCUT2D eigenvalue weighted by molar-refractivity contribution is -0.148. The van der Waals surface area contributed by atoms with Crippen molar-refractivity contribution in [1.82, 2.24) is 4.98 Å². The fourth-order valence-corrected chi connectivity index (χ4v) is 6.32. The first-order valence-electron chi connectivity index (χ1n) is 17.0. The van der Waals surface area contributed by atoms with Gasteiger partial charge in [0.05, 0.1) is 26.1 Å². The largest absolute Gasteiger partial charge is 0.508 e. The second-order valence-corrected chi connectivity index (χ2v) is 12.6. The van der Waals surface area contributed by atoms with Gasteiger partial charge < -0.3 is 24.6 Å². The van der Waals surface area contributed by atoms with Crippen LogP contribution in [0.2, 0.25) is 0 Å². The molecule has 2 N–H and O–H groups in total. The molecule has 0 aliphatic carbocycles. The number of carbonyl (C=O) groups excluding carboxylic acids is 2. The van der Waals surface area contributed by atoms with E-state index in [0.717, 1.165) is 50.0 Å². The van der Waals surface area contributed by atoms with Crippen LogP contribution in [-0.4, -0.2) is 54.4 Å². The fourth-order valence-electron chi connectivity index (χ4n) is 6.32. The van der Waals surface area contributed by atoms with Crippen LogP contribution in [0.5, 0.6) is 23.0 Å². The molecule has 2 aromatic carbocycles. The molecule has 9 nitrogen and oxygen atoms in total. The molecule has 9 heteroatoms. The molecule has 2 aliphatic heterocycles. The first-order valence-corrected chi connectivity index (χ1v) is 17.0. The van der Waals surface area contributed by atoms with Crippen LogP contribution in [0.1, 0.15) is 75.8 Å². The molecule has 256 valence electrons. The number of allylic oxidation sites excluding steroid dienone is 1. The third-order valence-electron chi connectivity index (χ3n) is 9.00. The van der Waals surface area contributed by atoms with E-state index in [4.69, 9.17) is 14.2 Å². The molecular weight excluding hydrogens is 618 g/mol. The number of aryl methyl sites for hydroxylation is 1. The Hall–Kier alpha value is -5.10. The molecule has 0 saturated heterocycles. The van der Waals surface area contributed by atoms with E-state index in [1.807, 2.05) is 30.6 Å². The lowest BCUT2D eigenvalue weighted by atomic mass is 9.87. The van der Waals surface area contributed by atoms with Gasteiger partial charge in [-0.3, -0.25) is 14.6 Å². The Kier molecular flexibility index (Phi) is 12.5. The molecule has 5 rings (SSSR count). The van der Waals surface area contributed by atoms with Gasteiger partial charge in [0.1, 0.15) is 29.2 Å². The maximum absolute atomic E-state index is 13.7. The standard InChI is InChI=1S/C40H45N3O6/c1-4-28-11-14-37(48-27(2)44)24-35(46)21-30(31-13-15-38(39(22-31)47-3)49-36-9-5-8-34(45)23-36)7-6-17-42-40-20-29(16-18-43-40)10-12-32-25-41-26-33(32)19-28/h5,8-9,13,15-16,18,20,22-23,26,28,30,37,45H,4,10-12,14,17,19,21,24-25H2,1-3H3,(H,42,43)/t28-,30-,37-/m1/s1. The average molecular weight is 664 g/mol. The topological polar surface area (TPSA) is 119 Å². The Morgan fingerprint density at radius 2 is 1.92 bits per heavy atom. The summed E-state index contributed by atoms with van der Waals surface area (Å²) >= 11 is 0. The highest BCUT2D eigenvalue weighted by atomic mass is 16.5. The fraction of sp³-hybridized carbons (Fsp3) is 0.400. The number of fused-ring (bicyclic) bond motifs is 2. The van der Waals surface area contributed by atoms with Crippen LogP contribution >= 0.6 is 0 Å². The molecule has 0 saturated carbocycles. The molecule has 0 fully saturated rings. The first kappa shape index (κ1) is 35.2. The Labute approximate surface area is 288 Å². The lowest BCUT2D eigenvalue weighted by Crippen LogP contribution is -2.22. The number of methoxy groups -OCH3 is 1. The predicted octanol–water partition coefficient (Wildman–Crippen LogP) is 7.59. The van der Waals surface area contributed by atoms with Gasteiger partial charge in [0.25, 0.3) is 0 Å². The number of pyridine rings is 1. The third-order valence-corrected chi connectivity index (χ3v) is 9.00. The number of phenolic OH excluding ortho intramolecular Hbond substituents is 1. The lowest BCUT2D eigenvalue weighted by Gasteiger charge is -2.22. The molecule has 0 spiro atoms. The number of ketones is 1. The van der Waals surface area contributed by atoms with Gasteiger partial charge in [-0.1, -0.05) is 37.3 Å². The normalized spacial score (nSPS) is 20.3. The Morgan fingerprint density at radius 1 is 1.04 bits per heavy atom. The van der Waals surface area contributed by atoms with E-state index < -0.39 is 12.0 Å². The van der Waals surface area contributed by atoms with Gasteiger partial charge in [-0.15, -0.1) is 0 Å². The summed E-state index contributed by atoms with van der Waals surface area (Å²) in [6.45, 7) is 4.66. The number of carbonyl (C=O) groups is 2. The molecule has 3 heterocycles. The minimum Gasteiger partial charge on any atom is -0.508 e. The maximum Gasteiger partial charge on any atom is 0.302 e. The monoisotopic (exact) mass is 663 g/mol. The Balaban J connectivity index is 1.42. The van der Waals surface area contributed by atoms with Crippen LogP contribution in [0, 0.1) is 17.8 Å². The van der Waals surface area contributed by atoms with E-state index in [1.54, 1.807) is 31.4 Å². The van der Waals surface area contributed by atoms with Crippen molar-refractivity contribution in [1.29, 1.82) is 0 Å². The summed E-state index contributed by atoms with van der Waals surface area (Å²) in [5, 5.41) is 13.2. The van der Waals surface area contributed by atoms with Gasteiger partial charge in [0.15, 0.2) is 11.5 Å². The van der Waals surface area contributed by atoms with E-state index in [0.29, 0.717) is 36.1 Å². The number of hydrogen-bond acceptors (Lipinski definition) is 9. The number of ether oxygens (including phenoxy) is 3. The minimum atomic E-state index is -0.505. The van der Waals surface area contributed by atoms with Crippen molar-refractivity contribution < 1.29 is 28.9 Å². The van der Waals surface area contributed by atoms with E-state index in [9.17, 15) is 14.7 Å². The molecule has 1 aromatic heterocycles. The highest BCUT2D eigenvalue weighted by Gasteiger charge is 2.24. The van der Waals surface area contributed by atoms with Crippen molar-refractivity contribution >= 4 is 23.8 Å². The van der Waals surface area contributed by atoms with Crippen LogP contribution in [0.25, 0.3) is 0 Å². The summed E-state index contributed by atoms with van der Waals surface area (Å²) in [5.41, 5.74) is 4.66. The Bertz CT molecular complexity index is 1750. The van der Waals surface area contributed by atoms with Crippen molar-refractivity contribution in [3.8, 4) is 34.8 Å². The highest BCUT2D eigenvalue weighted by molar-refractivity contribution is 5.82. The molecule has 49 heavy (non-hydrogen) atoms. The van der Waals surface area contributed by atoms with Crippen LogP contribution in [0.3, 0.4) is 0 Å². The minimum absolute atomic E-state index is 0.0395. The summed E-state index contributed by atoms with van der Waals surface area (Å²) in [6, 6.07) is 16.1. The zero-order valence-corrected chi connectivity index (χ0v) is 28.5. The van der Waals surface area contributed by atoms with Crippen LogP contribution in [0.4, 0.5) is 5.82 Å². The number of anilines is 1. The average Bonchev–Trinajstić information content (AvgIpc) is 3.53. The summed E-state index contributed by atoms with van der Waals surface area (Å²) in [5.74, 6) is 8.25. The van der Waals surface area contributed by atoms with Crippen LogP contribution in [-0.2, 0) is 20.7 Å². The van der Waals surface area contributed by atoms with Crippen LogP contribution < -0.4 is 14.8 Å². The van der Waals surface area contributed by atoms with E-state index in [2.05, 4.69) is 40.1 Å². The number of aliphatic imine (C=N–C) groups is 1. The van der Waals surface area contributed by atoms with Crippen LogP contribution in [0.15, 0.2) is 76.9 Å². The number of aromatic nitrogens is 1. The van der Waals surface area contributed by atoms with Gasteiger partial charge in [-0.2, -0.15) is 0 Å². The molecular formula is C40H45N3O6. The van der Waals surface area contributed by atoms with Crippen molar-refractivity contribution in [2.45, 2.75) is 77.2 Å². The SMILES string of the molecule is CC[C@@H]1CC[C@@H](OC(C)=O)CC(=O)C[C@H](c2ccc(Oc3cccc(O)c3)c(OC)c2)C#CCNc2cc(ccn2)CCC2=C(C=NC2)C1. The predicted molar refractivity (Wildman–Crippen MR) is 191 cm³/mol. The second-order valence-electron chi connectivity index (χ2n) is 12.6. The maximum atomic E-state index is 13.7.